The Morgan fingerprint density at radius 2 is 2.27 bits per heavy atom. The van der Waals surface area contributed by atoms with Crippen molar-refractivity contribution < 1.29 is 13.7 Å². The minimum Gasteiger partial charge on any atom is -0.258 e. The molecule has 0 aliphatic carbocycles. The third-order valence-corrected chi connectivity index (χ3v) is 2.81. The third-order valence-electron chi connectivity index (χ3n) is 1.66. The highest BCUT2D eigenvalue weighted by Crippen LogP contribution is 2.34. The Labute approximate surface area is 102 Å². The Kier molecular flexibility index (Phi) is 4.14. The van der Waals surface area contributed by atoms with E-state index in [1.54, 1.807) is 0 Å². The molecule has 0 amide bonds. The molecule has 1 aromatic heterocycles. The second kappa shape index (κ2) is 4.97. The van der Waals surface area contributed by atoms with Gasteiger partial charge in [-0.3, -0.25) is 10.1 Å². The number of rotatable bonds is 3. The van der Waals surface area contributed by atoms with Crippen LogP contribution in [0.2, 0.25) is 0 Å². The minimum absolute atomic E-state index is 0.00242. The van der Waals surface area contributed by atoms with Crippen molar-refractivity contribution in [1.29, 1.82) is 0 Å². The lowest BCUT2D eigenvalue weighted by Gasteiger charge is -2.06. The van der Waals surface area contributed by atoms with Crippen molar-refractivity contribution in [2.75, 3.05) is 0 Å². The summed E-state index contributed by atoms with van der Waals surface area (Å²) in [6.07, 6.45) is -1.80. The van der Waals surface area contributed by atoms with Crippen LogP contribution in [0.15, 0.2) is 6.20 Å². The molecule has 0 saturated carbocycles. The third kappa shape index (κ3) is 2.51. The molecule has 8 heteroatoms. The highest BCUT2D eigenvalue weighted by atomic mass is 127. The van der Waals surface area contributed by atoms with Gasteiger partial charge in [0.15, 0.2) is 0 Å². The van der Waals surface area contributed by atoms with Gasteiger partial charge in [-0.1, -0.05) is 0 Å². The predicted octanol–water partition coefficient (Wildman–Crippen LogP) is 3.27. The Morgan fingerprint density at radius 1 is 1.67 bits per heavy atom. The molecular formula is C7H4ClF2IN2O2. The van der Waals surface area contributed by atoms with E-state index in [0.717, 1.165) is 6.20 Å². The highest BCUT2D eigenvalue weighted by molar-refractivity contribution is 14.1. The fourth-order valence-electron chi connectivity index (χ4n) is 1.04. The zero-order valence-corrected chi connectivity index (χ0v) is 10.00. The van der Waals surface area contributed by atoms with Crippen LogP contribution in [-0.4, -0.2) is 9.91 Å². The first kappa shape index (κ1) is 12.5. The van der Waals surface area contributed by atoms with Crippen molar-refractivity contribution in [2.24, 2.45) is 0 Å². The number of hydrogen-bond acceptors (Lipinski definition) is 3. The van der Waals surface area contributed by atoms with Crippen molar-refractivity contribution in [1.82, 2.24) is 4.98 Å². The van der Waals surface area contributed by atoms with Gasteiger partial charge in [-0.25, -0.2) is 13.8 Å². The maximum atomic E-state index is 12.6. The average molecular weight is 348 g/mol. The molecule has 0 saturated heterocycles. The first-order valence-corrected chi connectivity index (χ1v) is 5.26. The molecule has 0 aromatic carbocycles. The van der Waals surface area contributed by atoms with E-state index in [2.05, 4.69) is 4.98 Å². The summed E-state index contributed by atoms with van der Waals surface area (Å²) in [5.41, 5.74) is -1.31. The molecular weight excluding hydrogens is 344 g/mol. The molecule has 1 aromatic rings. The van der Waals surface area contributed by atoms with E-state index >= 15 is 0 Å². The molecule has 1 rings (SSSR count). The Balaban J connectivity index is 3.51. The molecule has 0 fully saturated rings. The molecule has 82 valence electrons. The van der Waals surface area contributed by atoms with Crippen molar-refractivity contribution in [3.63, 3.8) is 0 Å². The summed E-state index contributed by atoms with van der Waals surface area (Å²) >= 11 is 6.94. The maximum Gasteiger partial charge on any atom is 0.286 e. The average Bonchev–Trinajstić information content (AvgIpc) is 2.16. The summed E-state index contributed by atoms with van der Waals surface area (Å²) in [4.78, 5) is 13.4. The van der Waals surface area contributed by atoms with Gasteiger partial charge < -0.3 is 0 Å². The molecule has 15 heavy (non-hydrogen) atoms. The van der Waals surface area contributed by atoms with Gasteiger partial charge in [-0.05, 0) is 22.6 Å². The van der Waals surface area contributed by atoms with E-state index in [1.165, 1.54) is 22.6 Å². The molecule has 0 aliphatic rings. The zero-order chi connectivity index (χ0) is 11.6. The minimum atomic E-state index is -2.94. The Morgan fingerprint density at radius 3 is 2.67 bits per heavy atom. The zero-order valence-electron chi connectivity index (χ0n) is 7.08. The van der Waals surface area contributed by atoms with Crippen LogP contribution in [0, 0.1) is 13.8 Å². The van der Waals surface area contributed by atoms with E-state index in [0.29, 0.717) is 0 Å². The lowest BCUT2D eigenvalue weighted by atomic mass is 10.1. The summed E-state index contributed by atoms with van der Waals surface area (Å²) in [7, 11) is 0. The molecule has 0 unspecified atom stereocenters. The largest absolute Gasteiger partial charge is 0.286 e. The molecule has 0 aliphatic heterocycles. The van der Waals surface area contributed by atoms with Gasteiger partial charge in [0.2, 0.25) is 0 Å². The first-order chi connectivity index (χ1) is 6.99. The van der Waals surface area contributed by atoms with E-state index in [9.17, 15) is 18.9 Å². The van der Waals surface area contributed by atoms with Crippen LogP contribution in [0.5, 0.6) is 0 Å². The highest BCUT2D eigenvalue weighted by Gasteiger charge is 2.28. The molecule has 1 heterocycles. The van der Waals surface area contributed by atoms with E-state index in [-0.39, 0.29) is 15.1 Å². The Hall–Kier alpha value is -0.570. The van der Waals surface area contributed by atoms with Gasteiger partial charge in [0.1, 0.15) is 9.26 Å². The van der Waals surface area contributed by atoms with Crippen LogP contribution < -0.4 is 0 Å². The van der Waals surface area contributed by atoms with Gasteiger partial charge in [-0.2, -0.15) is 0 Å². The fourth-order valence-corrected chi connectivity index (χ4v) is 1.87. The van der Waals surface area contributed by atoms with Crippen molar-refractivity contribution in [2.45, 2.75) is 12.3 Å². The summed E-state index contributed by atoms with van der Waals surface area (Å²) in [5.74, 6) is -0.222. The molecule has 0 N–H and O–H groups in total. The quantitative estimate of drug-likeness (QED) is 0.277. The number of halogens is 4. The summed E-state index contributed by atoms with van der Waals surface area (Å²) in [6, 6.07) is 0. The summed E-state index contributed by atoms with van der Waals surface area (Å²) < 4.78 is 25.1. The SMILES string of the molecule is O=[N+]([O-])c1c(CCl)cnc(I)c1C(F)F. The number of nitro groups is 1. The van der Waals surface area contributed by atoms with E-state index in [1.807, 2.05) is 0 Å². The molecule has 0 radical (unpaired) electrons. The van der Waals surface area contributed by atoms with Crippen LogP contribution in [0.3, 0.4) is 0 Å². The normalized spacial score (nSPS) is 10.7. The van der Waals surface area contributed by atoms with Gasteiger partial charge >= 0.3 is 0 Å². The Bertz CT molecular complexity index is 403. The summed E-state index contributed by atoms with van der Waals surface area (Å²) in [5, 5.41) is 10.6. The number of aromatic nitrogens is 1. The van der Waals surface area contributed by atoms with Crippen LogP contribution in [-0.2, 0) is 5.88 Å². The number of nitrogens with zero attached hydrogens (tertiary/aromatic N) is 2. The van der Waals surface area contributed by atoms with Gasteiger partial charge in [0.05, 0.1) is 16.4 Å². The molecule has 4 nitrogen and oxygen atoms in total. The second-order valence-electron chi connectivity index (χ2n) is 2.53. The molecule has 0 bridgehead atoms. The lowest BCUT2D eigenvalue weighted by Crippen LogP contribution is -2.04. The monoisotopic (exact) mass is 348 g/mol. The predicted molar refractivity (Wildman–Crippen MR) is 58.1 cm³/mol. The lowest BCUT2D eigenvalue weighted by molar-refractivity contribution is -0.387. The van der Waals surface area contributed by atoms with E-state index in [4.69, 9.17) is 11.6 Å². The smallest absolute Gasteiger partial charge is 0.258 e. The van der Waals surface area contributed by atoms with Crippen LogP contribution in [0.1, 0.15) is 17.6 Å². The summed E-state index contributed by atoms with van der Waals surface area (Å²) in [6.45, 7) is 0. The van der Waals surface area contributed by atoms with E-state index < -0.39 is 22.6 Å². The number of hydrogen-bond donors (Lipinski definition) is 0. The topological polar surface area (TPSA) is 56.0 Å². The van der Waals surface area contributed by atoms with Gasteiger partial charge in [0.25, 0.3) is 12.1 Å². The molecule has 0 spiro atoms. The maximum absolute atomic E-state index is 12.6. The van der Waals surface area contributed by atoms with Crippen LogP contribution in [0.4, 0.5) is 14.5 Å². The molecule has 0 atom stereocenters. The first-order valence-electron chi connectivity index (χ1n) is 3.64. The number of alkyl halides is 3. The van der Waals surface area contributed by atoms with Crippen molar-refractivity contribution in [3.05, 3.63) is 31.1 Å². The van der Waals surface area contributed by atoms with Crippen LogP contribution >= 0.6 is 34.2 Å². The van der Waals surface area contributed by atoms with Crippen molar-refractivity contribution >= 4 is 39.9 Å². The number of pyridine rings is 1. The van der Waals surface area contributed by atoms with Gasteiger partial charge in [0, 0.05) is 6.20 Å². The van der Waals surface area contributed by atoms with Crippen LogP contribution in [0.25, 0.3) is 0 Å². The van der Waals surface area contributed by atoms with Gasteiger partial charge in [-0.15, -0.1) is 11.6 Å². The standard InChI is InChI=1S/C7H4ClF2IN2O2/c8-1-3-2-12-7(11)4(6(9)10)5(3)13(14)15/h2,6H,1H2. The fraction of sp³-hybridized carbons (Fsp3) is 0.286. The second-order valence-corrected chi connectivity index (χ2v) is 3.82. The van der Waals surface area contributed by atoms with Crippen molar-refractivity contribution in [3.8, 4) is 0 Å².